The highest BCUT2D eigenvalue weighted by atomic mass is 16.1. The average Bonchev–Trinajstić information content (AvgIpc) is 2.41. The Morgan fingerprint density at radius 1 is 1.73 bits per heavy atom. The van der Waals surface area contributed by atoms with E-state index >= 15 is 0 Å². The van der Waals surface area contributed by atoms with Crippen LogP contribution in [-0.4, -0.2) is 18.1 Å². The predicted octanol–water partition coefficient (Wildman–Crippen LogP) is 1.46. The van der Waals surface area contributed by atoms with Gasteiger partial charge in [0.1, 0.15) is 6.29 Å². The van der Waals surface area contributed by atoms with E-state index in [0.717, 1.165) is 6.42 Å². The Balaban J connectivity index is 2.75. The van der Waals surface area contributed by atoms with Crippen LogP contribution in [0.4, 0.5) is 0 Å². The molecule has 3 nitrogen and oxygen atoms in total. The van der Waals surface area contributed by atoms with Crippen LogP contribution in [0.2, 0.25) is 0 Å². The number of ketones is 1. The molecule has 0 spiro atoms. The molecule has 0 aromatic heterocycles. The van der Waals surface area contributed by atoms with E-state index in [4.69, 9.17) is 5.73 Å². The first-order chi connectivity index (χ1) is 6.91. The van der Waals surface area contributed by atoms with Gasteiger partial charge >= 0.3 is 0 Å². The summed E-state index contributed by atoms with van der Waals surface area (Å²) in [6.45, 7) is 6.16. The second-order valence-electron chi connectivity index (χ2n) is 4.81. The molecule has 2 atom stereocenters. The van der Waals surface area contributed by atoms with Gasteiger partial charge < -0.3 is 10.5 Å². The number of Topliss-reactive ketones (excluding diaryl/α,β-unsaturated/α-hetero) is 1. The lowest BCUT2D eigenvalue weighted by molar-refractivity contribution is -0.127. The van der Waals surface area contributed by atoms with Gasteiger partial charge in [0.2, 0.25) is 0 Å². The van der Waals surface area contributed by atoms with Crippen LogP contribution in [0.15, 0.2) is 11.6 Å². The molecule has 0 aromatic carbocycles. The maximum atomic E-state index is 12.0. The van der Waals surface area contributed by atoms with Crippen molar-refractivity contribution in [3.05, 3.63) is 11.6 Å². The van der Waals surface area contributed by atoms with Gasteiger partial charge in [-0.3, -0.25) is 4.79 Å². The van der Waals surface area contributed by atoms with E-state index in [9.17, 15) is 9.59 Å². The zero-order valence-electron chi connectivity index (χ0n) is 9.62. The minimum absolute atomic E-state index is 0.0141. The molecule has 0 aromatic rings. The number of allylic oxidation sites excluding steroid dienone is 2. The lowest BCUT2D eigenvalue weighted by atomic mass is 9.74. The van der Waals surface area contributed by atoms with Gasteiger partial charge in [0.25, 0.3) is 0 Å². The molecule has 1 aliphatic carbocycles. The number of hydrogen-bond acceptors (Lipinski definition) is 3. The van der Waals surface area contributed by atoms with Gasteiger partial charge in [-0.1, -0.05) is 25.5 Å². The molecule has 2 N–H and O–H groups in total. The summed E-state index contributed by atoms with van der Waals surface area (Å²) in [5, 5.41) is 0. The monoisotopic (exact) mass is 209 g/mol. The first kappa shape index (κ1) is 12.1. The highest BCUT2D eigenvalue weighted by Gasteiger charge is 2.40. The van der Waals surface area contributed by atoms with Crippen molar-refractivity contribution in [3.63, 3.8) is 0 Å². The molecule has 0 bridgehead atoms. The third-order valence-electron chi connectivity index (χ3n) is 3.61. The minimum atomic E-state index is -0.633. The first-order valence-corrected chi connectivity index (χ1v) is 5.31. The van der Waals surface area contributed by atoms with Crippen LogP contribution >= 0.6 is 0 Å². The molecule has 0 heterocycles. The number of carbonyl (C=O) groups excluding carboxylic acids is 2. The van der Waals surface area contributed by atoms with Gasteiger partial charge in [0.05, 0.1) is 6.04 Å². The summed E-state index contributed by atoms with van der Waals surface area (Å²) < 4.78 is 0. The maximum absolute atomic E-state index is 12.0. The van der Waals surface area contributed by atoms with Gasteiger partial charge in [-0.25, -0.2) is 0 Å². The largest absolute Gasteiger partial charge is 0.321 e. The third kappa shape index (κ3) is 2.17. The van der Waals surface area contributed by atoms with Gasteiger partial charge in [0.15, 0.2) is 5.78 Å². The summed E-state index contributed by atoms with van der Waals surface area (Å²) in [7, 11) is 0. The Kier molecular flexibility index (Phi) is 3.45. The van der Waals surface area contributed by atoms with Crippen molar-refractivity contribution in [2.24, 2.45) is 17.1 Å². The van der Waals surface area contributed by atoms with Crippen LogP contribution in [0.3, 0.4) is 0 Å². The summed E-state index contributed by atoms with van der Waals surface area (Å²) in [6, 6.07) is -0.633. The first-order valence-electron chi connectivity index (χ1n) is 5.31. The molecule has 3 heteroatoms. The van der Waals surface area contributed by atoms with Gasteiger partial charge in [-0.05, 0) is 18.8 Å². The molecule has 84 valence electrons. The summed E-state index contributed by atoms with van der Waals surface area (Å²) in [5.74, 6) is -0.0485. The van der Waals surface area contributed by atoms with Crippen molar-refractivity contribution in [3.8, 4) is 0 Å². The number of hydrogen-bond donors (Lipinski definition) is 1. The summed E-state index contributed by atoms with van der Waals surface area (Å²) in [5.41, 5.74) is 6.79. The quantitative estimate of drug-likeness (QED) is 0.563. The number of nitrogens with two attached hydrogens (primary N) is 1. The van der Waals surface area contributed by atoms with Crippen molar-refractivity contribution in [2.45, 2.75) is 39.7 Å². The van der Waals surface area contributed by atoms with Gasteiger partial charge in [-0.2, -0.15) is 0 Å². The minimum Gasteiger partial charge on any atom is -0.321 e. The molecular formula is C12H19NO2. The van der Waals surface area contributed by atoms with E-state index in [1.54, 1.807) is 0 Å². The molecule has 0 radical (unpaired) electrons. The number of carbonyl (C=O) groups is 2. The summed E-state index contributed by atoms with van der Waals surface area (Å²) in [4.78, 5) is 22.3. The third-order valence-corrected chi connectivity index (χ3v) is 3.61. The van der Waals surface area contributed by atoms with Crippen LogP contribution in [0.25, 0.3) is 0 Å². The second kappa shape index (κ2) is 4.27. The van der Waals surface area contributed by atoms with E-state index in [2.05, 4.69) is 19.9 Å². The molecule has 0 amide bonds. The zero-order chi connectivity index (χ0) is 11.6. The molecule has 15 heavy (non-hydrogen) atoms. The van der Waals surface area contributed by atoms with Gasteiger partial charge in [-0.15, -0.1) is 0 Å². The molecule has 1 rings (SSSR count). The SMILES string of the molecule is CC1=CCC(C(=O)C(N)CC=O)C1(C)C. The van der Waals surface area contributed by atoms with Crippen molar-refractivity contribution < 1.29 is 9.59 Å². The predicted molar refractivity (Wildman–Crippen MR) is 59.3 cm³/mol. The van der Waals surface area contributed by atoms with Crippen LogP contribution in [-0.2, 0) is 9.59 Å². The highest BCUT2D eigenvalue weighted by molar-refractivity contribution is 5.89. The topological polar surface area (TPSA) is 60.2 Å². The van der Waals surface area contributed by atoms with Crippen molar-refractivity contribution in [1.29, 1.82) is 0 Å². The molecule has 1 aliphatic rings. The van der Waals surface area contributed by atoms with Crippen molar-refractivity contribution in [1.82, 2.24) is 0 Å². The lowest BCUT2D eigenvalue weighted by Gasteiger charge is -2.29. The standard InChI is InChI=1S/C12H19NO2/c1-8-4-5-9(12(8,2)3)11(15)10(13)6-7-14/h4,7,9-10H,5-6,13H2,1-3H3. The number of aldehydes is 1. The normalized spacial score (nSPS) is 25.9. The fourth-order valence-corrected chi connectivity index (χ4v) is 2.08. The molecule has 0 fully saturated rings. The number of rotatable bonds is 4. The Hall–Kier alpha value is -0.960. The fourth-order valence-electron chi connectivity index (χ4n) is 2.08. The van der Waals surface area contributed by atoms with E-state index in [1.165, 1.54) is 5.57 Å². The second-order valence-corrected chi connectivity index (χ2v) is 4.81. The Morgan fingerprint density at radius 3 is 2.73 bits per heavy atom. The van der Waals surface area contributed by atoms with E-state index in [-0.39, 0.29) is 23.5 Å². The van der Waals surface area contributed by atoms with Crippen molar-refractivity contribution >= 4 is 12.1 Å². The molecule has 0 saturated carbocycles. The van der Waals surface area contributed by atoms with Crippen LogP contribution < -0.4 is 5.73 Å². The smallest absolute Gasteiger partial charge is 0.154 e. The maximum Gasteiger partial charge on any atom is 0.154 e. The summed E-state index contributed by atoms with van der Waals surface area (Å²) >= 11 is 0. The molecule has 2 unspecified atom stereocenters. The highest BCUT2D eigenvalue weighted by Crippen LogP contribution is 2.43. The van der Waals surface area contributed by atoms with Crippen LogP contribution in [0, 0.1) is 11.3 Å². The molecular weight excluding hydrogens is 190 g/mol. The Morgan fingerprint density at radius 2 is 2.33 bits per heavy atom. The average molecular weight is 209 g/mol. The zero-order valence-corrected chi connectivity index (χ0v) is 9.62. The Bertz CT molecular complexity index is 305. The Labute approximate surface area is 90.7 Å². The van der Waals surface area contributed by atoms with Crippen molar-refractivity contribution in [2.75, 3.05) is 0 Å². The lowest BCUT2D eigenvalue weighted by Crippen LogP contribution is -2.40. The fraction of sp³-hybridized carbons (Fsp3) is 0.667. The molecule has 0 saturated heterocycles. The van der Waals surface area contributed by atoms with Crippen LogP contribution in [0.5, 0.6) is 0 Å². The van der Waals surface area contributed by atoms with E-state index in [1.807, 2.05) is 6.92 Å². The molecule has 0 aliphatic heterocycles. The van der Waals surface area contributed by atoms with Crippen LogP contribution in [0.1, 0.15) is 33.6 Å². The van der Waals surface area contributed by atoms with E-state index in [0.29, 0.717) is 6.29 Å². The summed E-state index contributed by atoms with van der Waals surface area (Å²) in [6.07, 6.45) is 3.69. The van der Waals surface area contributed by atoms with Gasteiger partial charge in [0, 0.05) is 12.3 Å². The van der Waals surface area contributed by atoms with E-state index < -0.39 is 6.04 Å².